The van der Waals surface area contributed by atoms with Crippen molar-refractivity contribution in [1.82, 2.24) is 4.90 Å². The van der Waals surface area contributed by atoms with Gasteiger partial charge in [-0.2, -0.15) is 0 Å². The van der Waals surface area contributed by atoms with Gasteiger partial charge in [-0.25, -0.2) is 9.59 Å². The number of hydrogen-bond acceptors (Lipinski definition) is 5. The van der Waals surface area contributed by atoms with Crippen LogP contribution in [0.4, 0.5) is 4.79 Å². The monoisotopic (exact) mass is 361 g/mol. The number of fused-ring (bicyclic) bond motifs is 1. The van der Waals surface area contributed by atoms with Crippen LogP contribution in [0.1, 0.15) is 44.6 Å². The molecule has 1 amide bonds. The van der Waals surface area contributed by atoms with Crippen LogP contribution in [0.2, 0.25) is 0 Å². The van der Waals surface area contributed by atoms with Gasteiger partial charge >= 0.3 is 12.1 Å². The van der Waals surface area contributed by atoms with Crippen LogP contribution in [0.25, 0.3) is 0 Å². The number of methoxy groups -OCH3 is 1. The highest BCUT2D eigenvalue weighted by atomic mass is 16.6. The highest BCUT2D eigenvalue weighted by molar-refractivity contribution is 5.82. The van der Waals surface area contributed by atoms with Crippen LogP contribution in [0, 0.1) is 5.92 Å². The number of amides is 1. The van der Waals surface area contributed by atoms with Crippen LogP contribution in [-0.4, -0.2) is 42.8 Å². The Morgan fingerprint density at radius 1 is 1.12 bits per heavy atom. The SMILES string of the molecule is CCOC(=O)C1CC2CCCCC2N1C(=O)OCc1ccc(OC)cc1. The van der Waals surface area contributed by atoms with E-state index in [1.807, 2.05) is 24.3 Å². The Bertz CT molecular complexity index is 630. The molecule has 1 aliphatic heterocycles. The van der Waals surface area contributed by atoms with Crippen molar-refractivity contribution < 1.29 is 23.8 Å². The predicted molar refractivity (Wildman–Crippen MR) is 95.8 cm³/mol. The van der Waals surface area contributed by atoms with Crippen molar-refractivity contribution in [3.05, 3.63) is 29.8 Å². The summed E-state index contributed by atoms with van der Waals surface area (Å²) in [6.45, 7) is 2.28. The molecule has 1 saturated carbocycles. The van der Waals surface area contributed by atoms with E-state index < -0.39 is 12.1 Å². The van der Waals surface area contributed by atoms with E-state index >= 15 is 0 Å². The summed E-state index contributed by atoms with van der Waals surface area (Å²) in [7, 11) is 1.61. The minimum absolute atomic E-state index is 0.0847. The van der Waals surface area contributed by atoms with Gasteiger partial charge in [0.25, 0.3) is 0 Å². The molecule has 0 spiro atoms. The molecular formula is C20H27NO5. The highest BCUT2D eigenvalue weighted by Crippen LogP contribution is 2.40. The molecule has 1 aliphatic carbocycles. The summed E-state index contributed by atoms with van der Waals surface area (Å²) >= 11 is 0. The van der Waals surface area contributed by atoms with Crippen LogP contribution < -0.4 is 4.74 Å². The molecule has 2 fully saturated rings. The summed E-state index contributed by atoms with van der Waals surface area (Å²) in [5.41, 5.74) is 0.881. The second-order valence-electron chi connectivity index (χ2n) is 6.93. The average Bonchev–Trinajstić information content (AvgIpc) is 3.06. The molecule has 1 aromatic carbocycles. The van der Waals surface area contributed by atoms with Crippen molar-refractivity contribution in [3.63, 3.8) is 0 Å². The summed E-state index contributed by atoms with van der Waals surface area (Å²) in [5.74, 6) is 0.807. The lowest BCUT2D eigenvalue weighted by atomic mass is 9.85. The Morgan fingerprint density at radius 3 is 2.54 bits per heavy atom. The third kappa shape index (κ3) is 3.94. The van der Waals surface area contributed by atoms with Crippen LogP contribution in [0.15, 0.2) is 24.3 Å². The predicted octanol–water partition coefficient (Wildman–Crippen LogP) is 3.53. The summed E-state index contributed by atoms with van der Waals surface area (Å²) in [6.07, 6.45) is 4.49. The number of likely N-dealkylation sites (tertiary alicyclic amines) is 1. The van der Waals surface area contributed by atoms with E-state index in [0.29, 0.717) is 18.9 Å². The van der Waals surface area contributed by atoms with Crippen molar-refractivity contribution in [2.24, 2.45) is 5.92 Å². The zero-order chi connectivity index (χ0) is 18.5. The molecule has 2 aliphatic rings. The number of rotatable bonds is 5. The fraction of sp³-hybridized carbons (Fsp3) is 0.600. The third-order valence-corrected chi connectivity index (χ3v) is 5.38. The van der Waals surface area contributed by atoms with Crippen LogP contribution >= 0.6 is 0 Å². The van der Waals surface area contributed by atoms with Gasteiger partial charge in [0.1, 0.15) is 18.4 Å². The molecule has 0 aromatic heterocycles. The van der Waals surface area contributed by atoms with Crippen molar-refractivity contribution in [1.29, 1.82) is 0 Å². The Morgan fingerprint density at radius 2 is 1.85 bits per heavy atom. The van der Waals surface area contributed by atoms with Gasteiger partial charge in [-0.3, -0.25) is 4.90 Å². The van der Waals surface area contributed by atoms with E-state index in [9.17, 15) is 9.59 Å². The summed E-state index contributed by atoms with van der Waals surface area (Å²) in [6, 6.07) is 6.95. The third-order valence-electron chi connectivity index (χ3n) is 5.38. The van der Waals surface area contributed by atoms with Crippen LogP contribution in [0.3, 0.4) is 0 Å². The van der Waals surface area contributed by atoms with E-state index in [-0.39, 0.29) is 18.6 Å². The Hall–Kier alpha value is -2.24. The number of carbonyl (C=O) groups is 2. The molecule has 1 aromatic rings. The van der Waals surface area contributed by atoms with Crippen molar-refractivity contribution >= 4 is 12.1 Å². The topological polar surface area (TPSA) is 65.1 Å². The second-order valence-corrected chi connectivity index (χ2v) is 6.93. The smallest absolute Gasteiger partial charge is 0.411 e. The summed E-state index contributed by atoms with van der Waals surface area (Å²) in [4.78, 5) is 26.8. The van der Waals surface area contributed by atoms with Gasteiger partial charge in [0.15, 0.2) is 0 Å². The van der Waals surface area contributed by atoms with Gasteiger partial charge in [-0.1, -0.05) is 25.0 Å². The molecule has 26 heavy (non-hydrogen) atoms. The van der Waals surface area contributed by atoms with Gasteiger partial charge < -0.3 is 14.2 Å². The summed E-state index contributed by atoms with van der Waals surface area (Å²) in [5, 5.41) is 0. The van der Waals surface area contributed by atoms with Crippen molar-refractivity contribution in [2.75, 3.05) is 13.7 Å². The van der Waals surface area contributed by atoms with E-state index in [0.717, 1.165) is 37.0 Å². The number of carbonyl (C=O) groups excluding carboxylic acids is 2. The van der Waals surface area contributed by atoms with Gasteiger partial charge in [-0.15, -0.1) is 0 Å². The van der Waals surface area contributed by atoms with Gasteiger partial charge in [0.05, 0.1) is 13.7 Å². The molecule has 142 valence electrons. The number of nitrogens with zero attached hydrogens (tertiary/aromatic N) is 1. The maximum Gasteiger partial charge on any atom is 0.411 e. The average molecular weight is 361 g/mol. The van der Waals surface area contributed by atoms with Gasteiger partial charge in [-0.05, 0) is 49.8 Å². The molecule has 0 radical (unpaired) electrons. The summed E-state index contributed by atoms with van der Waals surface area (Å²) < 4.78 is 15.9. The van der Waals surface area contributed by atoms with Crippen molar-refractivity contribution in [3.8, 4) is 5.75 Å². The van der Waals surface area contributed by atoms with Crippen molar-refractivity contribution in [2.45, 2.75) is 57.7 Å². The van der Waals surface area contributed by atoms with Gasteiger partial charge in [0, 0.05) is 6.04 Å². The standard InChI is InChI=1S/C20H27NO5/c1-3-25-19(22)18-12-15-6-4-5-7-17(15)21(18)20(23)26-13-14-8-10-16(24-2)11-9-14/h8-11,15,17-18H,3-7,12-13H2,1-2H3. The molecular weight excluding hydrogens is 334 g/mol. The minimum atomic E-state index is -0.522. The van der Waals surface area contributed by atoms with E-state index in [1.165, 1.54) is 0 Å². The zero-order valence-corrected chi connectivity index (χ0v) is 15.5. The zero-order valence-electron chi connectivity index (χ0n) is 15.5. The number of hydrogen-bond donors (Lipinski definition) is 0. The minimum Gasteiger partial charge on any atom is -0.497 e. The maximum absolute atomic E-state index is 12.8. The van der Waals surface area contributed by atoms with Crippen LogP contribution in [-0.2, 0) is 20.9 Å². The Labute approximate surface area is 154 Å². The molecule has 3 atom stereocenters. The molecule has 6 nitrogen and oxygen atoms in total. The molecule has 1 heterocycles. The van der Waals surface area contributed by atoms with Crippen LogP contribution in [0.5, 0.6) is 5.75 Å². The second kappa shape index (κ2) is 8.43. The first-order valence-corrected chi connectivity index (χ1v) is 9.38. The Balaban J connectivity index is 1.67. The molecule has 3 unspecified atom stereocenters. The molecule has 0 bridgehead atoms. The lowest BCUT2D eigenvalue weighted by Crippen LogP contribution is -2.47. The first kappa shape index (κ1) is 18.5. The fourth-order valence-electron chi connectivity index (χ4n) is 4.11. The molecule has 1 saturated heterocycles. The number of esters is 1. The van der Waals surface area contributed by atoms with Gasteiger partial charge in [0.2, 0.25) is 0 Å². The normalized spacial score (nSPS) is 24.7. The van der Waals surface area contributed by atoms with E-state index in [2.05, 4.69) is 0 Å². The first-order valence-electron chi connectivity index (χ1n) is 9.38. The first-order chi connectivity index (χ1) is 12.6. The van der Waals surface area contributed by atoms with E-state index in [1.54, 1.807) is 18.9 Å². The fourth-order valence-corrected chi connectivity index (χ4v) is 4.11. The van der Waals surface area contributed by atoms with E-state index in [4.69, 9.17) is 14.2 Å². The molecule has 6 heteroatoms. The lowest BCUT2D eigenvalue weighted by molar-refractivity contribution is -0.148. The Kier molecular flexibility index (Phi) is 6.01. The molecule has 0 N–H and O–H groups in total. The lowest BCUT2D eigenvalue weighted by Gasteiger charge is -2.32. The largest absolute Gasteiger partial charge is 0.497 e. The number of benzene rings is 1. The molecule has 3 rings (SSSR count). The number of ether oxygens (including phenoxy) is 3. The quantitative estimate of drug-likeness (QED) is 0.751. The highest BCUT2D eigenvalue weighted by Gasteiger charge is 2.48. The maximum atomic E-state index is 12.8.